The number of likely N-dealkylation sites (tertiary alicyclic amines) is 1. The number of halogens is 1. The second-order valence-electron chi connectivity index (χ2n) is 7.88. The summed E-state index contributed by atoms with van der Waals surface area (Å²) in [6.45, 7) is 5.09. The third-order valence-electron chi connectivity index (χ3n) is 5.48. The van der Waals surface area contributed by atoms with Gasteiger partial charge in [0.2, 0.25) is 0 Å². The third-order valence-corrected chi connectivity index (χ3v) is 5.79. The molecular formula is C25H28ClNO6. The number of hydrogen-bond acceptors (Lipinski definition) is 6. The lowest BCUT2D eigenvalue weighted by atomic mass is 9.94. The molecule has 1 fully saturated rings. The molecule has 3 rings (SSSR count). The van der Waals surface area contributed by atoms with Gasteiger partial charge in [-0.15, -0.1) is 0 Å². The molecule has 0 radical (unpaired) electrons. The average Bonchev–Trinajstić information content (AvgIpc) is 3.04. The highest BCUT2D eigenvalue weighted by Gasteiger charge is 2.46. The van der Waals surface area contributed by atoms with Crippen LogP contribution in [0.1, 0.15) is 42.5 Å². The molecule has 33 heavy (non-hydrogen) atoms. The molecule has 7 nitrogen and oxygen atoms in total. The number of benzene rings is 2. The van der Waals surface area contributed by atoms with E-state index in [-0.39, 0.29) is 28.6 Å². The number of aliphatic hydroxyl groups excluding tert-OH is 1. The number of aliphatic hydroxyl groups is 1. The van der Waals surface area contributed by atoms with Crippen molar-refractivity contribution in [1.82, 2.24) is 4.90 Å². The molecular weight excluding hydrogens is 446 g/mol. The number of aryl methyl sites for hydroxylation is 1. The minimum absolute atomic E-state index is 0.0270. The first-order valence-electron chi connectivity index (χ1n) is 10.8. The van der Waals surface area contributed by atoms with Crippen LogP contribution in [0.25, 0.3) is 5.76 Å². The van der Waals surface area contributed by atoms with E-state index in [0.717, 1.165) is 12.0 Å². The van der Waals surface area contributed by atoms with Gasteiger partial charge in [-0.25, -0.2) is 0 Å². The highest BCUT2D eigenvalue weighted by molar-refractivity contribution is 6.46. The van der Waals surface area contributed by atoms with Gasteiger partial charge in [-0.05, 0) is 61.2 Å². The molecule has 1 saturated heterocycles. The maximum atomic E-state index is 13.0. The van der Waals surface area contributed by atoms with E-state index in [2.05, 4.69) is 0 Å². The first kappa shape index (κ1) is 24.6. The van der Waals surface area contributed by atoms with E-state index in [9.17, 15) is 19.8 Å². The van der Waals surface area contributed by atoms with Crippen LogP contribution >= 0.6 is 11.6 Å². The van der Waals surface area contributed by atoms with E-state index in [4.69, 9.17) is 21.1 Å². The lowest BCUT2D eigenvalue weighted by Gasteiger charge is -2.25. The Morgan fingerprint density at radius 3 is 2.55 bits per heavy atom. The summed E-state index contributed by atoms with van der Waals surface area (Å²) in [4.78, 5) is 27.4. The van der Waals surface area contributed by atoms with E-state index in [0.29, 0.717) is 36.5 Å². The summed E-state index contributed by atoms with van der Waals surface area (Å²) in [7, 11) is 1.56. The predicted molar refractivity (Wildman–Crippen MR) is 126 cm³/mol. The van der Waals surface area contributed by atoms with Gasteiger partial charge >= 0.3 is 0 Å². The zero-order valence-electron chi connectivity index (χ0n) is 18.9. The summed E-state index contributed by atoms with van der Waals surface area (Å²) in [6.07, 6.45) is 1.37. The van der Waals surface area contributed by atoms with Crippen molar-refractivity contribution in [2.24, 2.45) is 0 Å². The van der Waals surface area contributed by atoms with Crippen molar-refractivity contribution in [2.45, 2.75) is 32.7 Å². The molecule has 1 heterocycles. The van der Waals surface area contributed by atoms with Crippen molar-refractivity contribution in [3.63, 3.8) is 0 Å². The molecule has 0 saturated carbocycles. The number of Topliss-reactive ketones (excluding diaryl/α,β-unsaturated/α-hetero) is 1. The second-order valence-corrected chi connectivity index (χ2v) is 8.29. The van der Waals surface area contributed by atoms with Crippen LogP contribution in [0.4, 0.5) is 0 Å². The molecule has 0 bridgehead atoms. The number of rotatable bonds is 9. The minimum atomic E-state index is -0.851. The summed E-state index contributed by atoms with van der Waals surface area (Å²) in [5.41, 5.74) is 1.68. The van der Waals surface area contributed by atoms with Crippen LogP contribution < -0.4 is 4.74 Å². The van der Waals surface area contributed by atoms with Crippen molar-refractivity contribution >= 4 is 29.1 Å². The molecule has 8 heteroatoms. The Balaban J connectivity index is 2.10. The van der Waals surface area contributed by atoms with Gasteiger partial charge in [0.25, 0.3) is 11.7 Å². The van der Waals surface area contributed by atoms with Gasteiger partial charge in [0.15, 0.2) is 0 Å². The predicted octanol–water partition coefficient (Wildman–Crippen LogP) is 4.60. The largest absolute Gasteiger partial charge is 0.507 e. The van der Waals surface area contributed by atoms with E-state index in [1.165, 1.54) is 17.0 Å². The maximum Gasteiger partial charge on any atom is 0.295 e. The maximum absolute atomic E-state index is 13.0. The molecule has 0 aliphatic carbocycles. The van der Waals surface area contributed by atoms with Gasteiger partial charge < -0.3 is 24.6 Å². The molecule has 2 aromatic rings. The number of hydrogen-bond donors (Lipinski definition) is 2. The van der Waals surface area contributed by atoms with Crippen molar-refractivity contribution < 1.29 is 29.3 Å². The number of carbonyl (C=O) groups is 2. The first-order valence-corrected chi connectivity index (χ1v) is 11.2. The van der Waals surface area contributed by atoms with Crippen LogP contribution in [0.2, 0.25) is 5.02 Å². The van der Waals surface area contributed by atoms with Gasteiger partial charge in [0, 0.05) is 25.8 Å². The van der Waals surface area contributed by atoms with Gasteiger partial charge in [-0.3, -0.25) is 9.59 Å². The van der Waals surface area contributed by atoms with Crippen molar-refractivity contribution in [1.29, 1.82) is 0 Å². The number of phenolic OH excluding ortho intramolecular Hbond substituents is 1. The standard InChI is InChI=1S/C25H28ClNO6/c1-4-11-33-20-9-7-17(13-15(20)2)23(29)21-22(16-6-8-19(28)18(26)14-16)27(10-5-12-32-3)25(31)24(21)30/h6-9,13-14,22,28-29H,4-5,10-12H2,1-3H3/b23-21-. The Morgan fingerprint density at radius 2 is 1.91 bits per heavy atom. The van der Waals surface area contributed by atoms with Crippen LogP contribution in [0.15, 0.2) is 42.0 Å². The van der Waals surface area contributed by atoms with Crippen molar-refractivity contribution in [3.8, 4) is 11.5 Å². The van der Waals surface area contributed by atoms with Gasteiger partial charge in [0.1, 0.15) is 17.3 Å². The fraction of sp³-hybridized carbons (Fsp3) is 0.360. The monoisotopic (exact) mass is 473 g/mol. The van der Waals surface area contributed by atoms with Crippen LogP contribution in [0.3, 0.4) is 0 Å². The summed E-state index contributed by atoms with van der Waals surface area (Å²) < 4.78 is 10.8. The number of ketones is 1. The average molecular weight is 474 g/mol. The fourth-order valence-electron chi connectivity index (χ4n) is 3.86. The van der Waals surface area contributed by atoms with E-state index in [1.54, 1.807) is 31.4 Å². The molecule has 2 aromatic carbocycles. The zero-order chi connectivity index (χ0) is 24.1. The summed E-state index contributed by atoms with van der Waals surface area (Å²) in [5, 5.41) is 21.1. The molecule has 1 unspecified atom stereocenters. The Labute approximate surface area is 198 Å². The zero-order valence-corrected chi connectivity index (χ0v) is 19.7. The first-order chi connectivity index (χ1) is 15.8. The minimum Gasteiger partial charge on any atom is -0.507 e. The second kappa shape index (κ2) is 10.7. The number of carbonyl (C=O) groups excluding carboxylic acids is 2. The number of aromatic hydroxyl groups is 1. The lowest BCUT2D eigenvalue weighted by molar-refractivity contribution is -0.140. The van der Waals surface area contributed by atoms with Crippen molar-refractivity contribution in [2.75, 3.05) is 26.9 Å². The van der Waals surface area contributed by atoms with E-state index >= 15 is 0 Å². The Morgan fingerprint density at radius 1 is 1.15 bits per heavy atom. The quantitative estimate of drug-likeness (QED) is 0.239. The van der Waals surface area contributed by atoms with Crippen LogP contribution in [-0.4, -0.2) is 53.7 Å². The van der Waals surface area contributed by atoms with E-state index in [1.807, 2.05) is 13.8 Å². The molecule has 0 aromatic heterocycles. The van der Waals surface area contributed by atoms with E-state index < -0.39 is 17.7 Å². The van der Waals surface area contributed by atoms with Gasteiger partial charge in [-0.1, -0.05) is 24.6 Å². The molecule has 2 N–H and O–H groups in total. The number of methoxy groups -OCH3 is 1. The number of amides is 1. The Bertz CT molecular complexity index is 1080. The molecule has 1 aliphatic rings. The third kappa shape index (κ3) is 5.15. The smallest absolute Gasteiger partial charge is 0.295 e. The van der Waals surface area contributed by atoms with Crippen LogP contribution in [0, 0.1) is 6.92 Å². The molecule has 176 valence electrons. The molecule has 1 amide bonds. The summed E-state index contributed by atoms with van der Waals surface area (Å²) in [6, 6.07) is 8.75. The highest BCUT2D eigenvalue weighted by atomic mass is 35.5. The number of ether oxygens (including phenoxy) is 2. The number of phenols is 1. The van der Waals surface area contributed by atoms with Crippen LogP contribution in [-0.2, 0) is 14.3 Å². The van der Waals surface area contributed by atoms with Crippen LogP contribution in [0.5, 0.6) is 11.5 Å². The molecule has 0 spiro atoms. The molecule has 1 atom stereocenters. The highest BCUT2D eigenvalue weighted by Crippen LogP contribution is 2.41. The Kier molecular flexibility index (Phi) is 8.00. The fourth-order valence-corrected chi connectivity index (χ4v) is 4.04. The number of nitrogens with zero attached hydrogens (tertiary/aromatic N) is 1. The van der Waals surface area contributed by atoms with Crippen molar-refractivity contribution in [3.05, 3.63) is 63.7 Å². The summed E-state index contributed by atoms with van der Waals surface area (Å²) >= 11 is 6.11. The lowest BCUT2D eigenvalue weighted by Crippen LogP contribution is -2.31. The van der Waals surface area contributed by atoms with Gasteiger partial charge in [-0.2, -0.15) is 0 Å². The topological polar surface area (TPSA) is 96.3 Å². The SMILES string of the molecule is CCCOc1ccc(/C(O)=C2/C(=O)C(=O)N(CCCOC)C2c2ccc(O)c(Cl)c2)cc1C. The molecule has 1 aliphatic heterocycles. The van der Waals surface area contributed by atoms with Gasteiger partial charge in [0.05, 0.1) is 23.2 Å². The Hall–Kier alpha value is -3.03. The normalized spacial score (nSPS) is 17.6. The summed E-state index contributed by atoms with van der Waals surface area (Å²) in [5.74, 6) is -1.18.